The summed E-state index contributed by atoms with van der Waals surface area (Å²) in [7, 11) is 0. The minimum absolute atomic E-state index is 0.480. The lowest BCUT2D eigenvalue weighted by molar-refractivity contribution is 0.466. The second-order valence-electron chi connectivity index (χ2n) is 5.71. The van der Waals surface area contributed by atoms with Gasteiger partial charge in [-0.1, -0.05) is 63.6 Å². The fraction of sp³-hybridized carbons (Fsp3) is 0.667. The molecule has 1 N–H and O–H groups in total. The SMILES string of the molecule is CCCCCCCC(NCCC)c1ccc(Cl)cc1C. The number of hydrogen-bond acceptors (Lipinski definition) is 1. The molecule has 1 aromatic rings. The first-order valence-electron chi connectivity index (χ1n) is 8.18. The smallest absolute Gasteiger partial charge is 0.0408 e. The molecule has 1 unspecified atom stereocenters. The van der Waals surface area contributed by atoms with Crippen LogP contribution in [-0.4, -0.2) is 6.54 Å². The number of halogens is 1. The van der Waals surface area contributed by atoms with Crippen LogP contribution in [0.15, 0.2) is 18.2 Å². The van der Waals surface area contributed by atoms with Gasteiger partial charge in [0.1, 0.15) is 0 Å². The average Bonchev–Trinajstić information content (AvgIpc) is 2.43. The molecule has 20 heavy (non-hydrogen) atoms. The molecule has 114 valence electrons. The fourth-order valence-electron chi connectivity index (χ4n) is 2.67. The number of unbranched alkanes of at least 4 members (excludes halogenated alkanes) is 4. The van der Waals surface area contributed by atoms with Crippen LogP contribution in [0.1, 0.15) is 76.0 Å². The summed E-state index contributed by atoms with van der Waals surface area (Å²) >= 11 is 6.07. The van der Waals surface area contributed by atoms with Gasteiger partial charge in [-0.3, -0.25) is 0 Å². The Morgan fingerprint density at radius 2 is 1.80 bits per heavy atom. The molecule has 1 nitrogen and oxygen atoms in total. The van der Waals surface area contributed by atoms with E-state index in [2.05, 4.69) is 38.2 Å². The summed E-state index contributed by atoms with van der Waals surface area (Å²) in [4.78, 5) is 0. The molecule has 2 heteroatoms. The molecule has 0 heterocycles. The van der Waals surface area contributed by atoms with Gasteiger partial charge in [-0.2, -0.15) is 0 Å². The molecule has 1 atom stereocenters. The molecule has 0 saturated heterocycles. The van der Waals surface area contributed by atoms with Crippen molar-refractivity contribution in [1.29, 1.82) is 0 Å². The lowest BCUT2D eigenvalue weighted by atomic mass is 9.96. The Labute approximate surface area is 130 Å². The molecular formula is C18H30ClN. The van der Waals surface area contributed by atoms with Gasteiger partial charge in [-0.15, -0.1) is 0 Å². The highest BCUT2D eigenvalue weighted by atomic mass is 35.5. The number of benzene rings is 1. The van der Waals surface area contributed by atoms with Crippen LogP contribution in [0.2, 0.25) is 5.02 Å². The third kappa shape index (κ3) is 6.28. The van der Waals surface area contributed by atoms with E-state index >= 15 is 0 Å². The van der Waals surface area contributed by atoms with Crippen LogP contribution in [0, 0.1) is 6.92 Å². The maximum absolute atomic E-state index is 6.07. The topological polar surface area (TPSA) is 12.0 Å². The van der Waals surface area contributed by atoms with Crippen molar-refractivity contribution in [3.8, 4) is 0 Å². The minimum Gasteiger partial charge on any atom is -0.310 e. The van der Waals surface area contributed by atoms with Gasteiger partial charge in [0.25, 0.3) is 0 Å². The second-order valence-corrected chi connectivity index (χ2v) is 6.15. The van der Waals surface area contributed by atoms with E-state index in [1.165, 1.54) is 56.1 Å². The predicted octanol–water partition coefficient (Wildman–Crippen LogP) is 6.05. The Hall–Kier alpha value is -0.530. The molecular weight excluding hydrogens is 266 g/mol. The average molecular weight is 296 g/mol. The Balaban J connectivity index is 2.58. The molecule has 0 radical (unpaired) electrons. The first-order chi connectivity index (χ1) is 9.69. The quantitative estimate of drug-likeness (QED) is 0.518. The highest BCUT2D eigenvalue weighted by Gasteiger charge is 2.12. The van der Waals surface area contributed by atoms with Crippen molar-refractivity contribution >= 4 is 11.6 Å². The van der Waals surface area contributed by atoms with Gasteiger partial charge in [0.05, 0.1) is 0 Å². The minimum atomic E-state index is 0.480. The summed E-state index contributed by atoms with van der Waals surface area (Å²) in [5.74, 6) is 0. The highest BCUT2D eigenvalue weighted by Crippen LogP contribution is 2.25. The zero-order valence-electron chi connectivity index (χ0n) is 13.3. The molecule has 0 aromatic heterocycles. The molecule has 0 spiro atoms. The lowest BCUT2D eigenvalue weighted by Gasteiger charge is -2.21. The first-order valence-corrected chi connectivity index (χ1v) is 8.56. The molecule has 0 saturated carbocycles. The molecule has 0 amide bonds. The van der Waals surface area contributed by atoms with Crippen molar-refractivity contribution in [3.05, 3.63) is 34.3 Å². The van der Waals surface area contributed by atoms with E-state index in [9.17, 15) is 0 Å². The maximum atomic E-state index is 6.07. The van der Waals surface area contributed by atoms with E-state index in [0.29, 0.717) is 6.04 Å². The molecule has 0 fully saturated rings. The van der Waals surface area contributed by atoms with Crippen molar-refractivity contribution in [2.75, 3.05) is 6.54 Å². The second kappa shape index (κ2) is 10.2. The van der Waals surface area contributed by atoms with Crippen LogP contribution in [0.3, 0.4) is 0 Å². The van der Waals surface area contributed by atoms with E-state index in [-0.39, 0.29) is 0 Å². The Kier molecular flexibility index (Phi) is 8.97. The zero-order valence-corrected chi connectivity index (χ0v) is 14.1. The molecule has 0 aliphatic rings. The molecule has 1 aromatic carbocycles. The first kappa shape index (κ1) is 17.5. The van der Waals surface area contributed by atoms with Gasteiger partial charge < -0.3 is 5.32 Å². The Bertz CT molecular complexity index is 376. The molecule has 1 rings (SSSR count). The number of nitrogens with one attached hydrogen (secondary N) is 1. The van der Waals surface area contributed by atoms with Gasteiger partial charge in [0.15, 0.2) is 0 Å². The monoisotopic (exact) mass is 295 g/mol. The number of rotatable bonds is 10. The van der Waals surface area contributed by atoms with Gasteiger partial charge in [0, 0.05) is 11.1 Å². The maximum Gasteiger partial charge on any atom is 0.0408 e. The van der Waals surface area contributed by atoms with E-state index in [1.54, 1.807) is 0 Å². The van der Waals surface area contributed by atoms with E-state index in [4.69, 9.17) is 11.6 Å². The van der Waals surface area contributed by atoms with Crippen molar-refractivity contribution in [2.24, 2.45) is 0 Å². The van der Waals surface area contributed by atoms with Gasteiger partial charge in [0.2, 0.25) is 0 Å². The number of hydrogen-bond donors (Lipinski definition) is 1. The van der Waals surface area contributed by atoms with Crippen LogP contribution in [0.5, 0.6) is 0 Å². The van der Waals surface area contributed by atoms with E-state index in [0.717, 1.165) is 11.6 Å². The van der Waals surface area contributed by atoms with Crippen molar-refractivity contribution in [1.82, 2.24) is 5.32 Å². The van der Waals surface area contributed by atoms with Gasteiger partial charge in [-0.25, -0.2) is 0 Å². The molecule has 0 aliphatic carbocycles. The third-order valence-electron chi connectivity index (χ3n) is 3.84. The van der Waals surface area contributed by atoms with E-state index < -0.39 is 0 Å². The van der Waals surface area contributed by atoms with Crippen LogP contribution in [-0.2, 0) is 0 Å². The third-order valence-corrected chi connectivity index (χ3v) is 4.08. The summed E-state index contributed by atoms with van der Waals surface area (Å²) in [5.41, 5.74) is 2.72. The zero-order chi connectivity index (χ0) is 14.8. The van der Waals surface area contributed by atoms with Crippen LogP contribution < -0.4 is 5.32 Å². The molecule has 0 aliphatic heterocycles. The normalized spacial score (nSPS) is 12.6. The van der Waals surface area contributed by atoms with Gasteiger partial charge >= 0.3 is 0 Å². The number of aryl methyl sites for hydroxylation is 1. The van der Waals surface area contributed by atoms with E-state index in [1.807, 2.05) is 6.07 Å². The summed E-state index contributed by atoms with van der Waals surface area (Å²) in [6, 6.07) is 6.77. The van der Waals surface area contributed by atoms with Crippen LogP contribution >= 0.6 is 11.6 Å². The summed E-state index contributed by atoms with van der Waals surface area (Å²) in [6.45, 7) is 7.74. The highest BCUT2D eigenvalue weighted by molar-refractivity contribution is 6.30. The predicted molar refractivity (Wildman–Crippen MR) is 90.6 cm³/mol. The lowest BCUT2D eigenvalue weighted by Crippen LogP contribution is -2.22. The van der Waals surface area contributed by atoms with Crippen molar-refractivity contribution < 1.29 is 0 Å². The summed E-state index contributed by atoms with van der Waals surface area (Å²) < 4.78 is 0. The summed E-state index contributed by atoms with van der Waals surface area (Å²) in [5, 5.41) is 4.53. The Morgan fingerprint density at radius 1 is 1.05 bits per heavy atom. The summed E-state index contributed by atoms with van der Waals surface area (Å²) in [6.07, 6.45) is 9.12. The molecule has 0 bridgehead atoms. The van der Waals surface area contributed by atoms with Crippen molar-refractivity contribution in [2.45, 2.75) is 71.8 Å². The Morgan fingerprint density at radius 3 is 2.45 bits per heavy atom. The van der Waals surface area contributed by atoms with Gasteiger partial charge in [-0.05, 0) is 49.6 Å². The van der Waals surface area contributed by atoms with Crippen molar-refractivity contribution in [3.63, 3.8) is 0 Å². The fourth-order valence-corrected chi connectivity index (χ4v) is 2.89. The van der Waals surface area contributed by atoms with Crippen LogP contribution in [0.4, 0.5) is 0 Å². The largest absolute Gasteiger partial charge is 0.310 e. The van der Waals surface area contributed by atoms with Crippen LogP contribution in [0.25, 0.3) is 0 Å². The standard InChI is InChI=1S/C18H30ClN/c1-4-6-7-8-9-10-18(20-13-5-2)17-12-11-16(19)14-15(17)3/h11-12,14,18,20H,4-10,13H2,1-3H3.